The van der Waals surface area contributed by atoms with Gasteiger partial charge in [0.05, 0.1) is 12.0 Å². The largest absolute Gasteiger partial charge is 0.383 e. The van der Waals surface area contributed by atoms with Crippen molar-refractivity contribution in [1.82, 2.24) is 19.6 Å². The zero-order valence-electron chi connectivity index (χ0n) is 15.1. The summed E-state index contributed by atoms with van der Waals surface area (Å²) in [7, 11) is 1.69. The maximum absolute atomic E-state index is 5.14. The van der Waals surface area contributed by atoms with Crippen LogP contribution in [0.15, 0.2) is 30.3 Å². The molecule has 3 heterocycles. The molecule has 4 rings (SSSR count). The first kappa shape index (κ1) is 16.9. The molecule has 1 aromatic carbocycles. The van der Waals surface area contributed by atoms with Gasteiger partial charge in [-0.2, -0.15) is 4.52 Å². The predicted octanol–water partition coefficient (Wildman–Crippen LogP) is 3.60. The zero-order valence-corrected chi connectivity index (χ0v) is 15.9. The summed E-state index contributed by atoms with van der Waals surface area (Å²) in [5.41, 5.74) is 3.28. The smallest absolute Gasteiger partial charge is 0.227 e. The number of hydrogen-bond acceptors (Lipinski definition) is 6. The van der Waals surface area contributed by atoms with E-state index in [1.165, 1.54) is 16.0 Å². The normalized spacial score (nSPS) is 11.5. The summed E-state index contributed by atoms with van der Waals surface area (Å²) >= 11 is 1.70. The number of hydrogen-bond donors (Lipinski definition) is 1. The highest BCUT2D eigenvalue weighted by molar-refractivity contribution is 7.18. The predicted molar refractivity (Wildman–Crippen MR) is 105 cm³/mol. The van der Waals surface area contributed by atoms with E-state index >= 15 is 0 Å². The van der Waals surface area contributed by atoms with Crippen LogP contribution in [0, 0.1) is 13.8 Å². The highest BCUT2D eigenvalue weighted by atomic mass is 32.1. The van der Waals surface area contributed by atoms with Gasteiger partial charge in [-0.05, 0) is 25.0 Å². The summed E-state index contributed by atoms with van der Waals surface area (Å²) in [6, 6.07) is 10.3. The van der Waals surface area contributed by atoms with E-state index in [2.05, 4.69) is 31.3 Å². The second-order valence-electron chi connectivity index (χ2n) is 6.24. The molecule has 6 nitrogen and oxygen atoms in total. The van der Waals surface area contributed by atoms with Gasteiger partial charge >= 0.3 is 0 Å². The fourth-order valence-electron chi connectivity index (χ4n) is 2.99. The molecule has 1 N–H and O–H groups in total. The number of nitrogens with zero attached hydrogens (tertiary/aromatic N) is 4. The Bertz CT molecular complexity index is 1050. The van der Waals surface area contributed by atoms with Gasteiger partial charge in [-0.15, -0.1) is 16.4 Å². The summed E-state index contributed by atoms with van der Waals surface area (Å²) < 4.78 is 6.97. The van der Waals surface area contributed by atoms with Crippen molar-refractivity contribution in [3.63, 3.8) is 0 Å². The van der Waals surface area contributed by atoms with Gasteiger partial charge < -0.3 is 10.1 Å². The van der Waals surface area contributed by atoms with Crippen LogP contribution in [-0.4, -0.2) is 39.8 Å². The molecule has 0 bridgehead atoms. The topological polar surface area (TPSA) is 64.3 Å². The van der Waals surface area contributed by atoms with Crippen molar-refractivity contribution >= 4 is 33.1 Å². The molecule has 0 aliphatic heterocycles. The van der Waals surface area contributed by atoms with Crippen molar-refractivity contribution < 1.29 is 4.74 Å². The molecule has 0 saturated heterocycles. The summed E-state index contributed by atoms with van der Waals surface area (Å²) in [6.45, 7) is 5.52. The highest BCUT2D eigenvalue weighted by Gasteiger charge is 2.18. The number of anilines is 1. The van der Waals surface area contributed by atoms with Crippen LogP contribution in [0.5, 0.6) is 0 Å². The summed E-state index contributed by atoms with van der Waals surface area (Å²) in [4.78, 5) is 11.9. The third-order valence-corrected chi connectivity index (χ3v) is 5.54. The van der Waals surface area contributed by atoms with Crippen LogP contribution >= 0.6 is 11.3 Å². The Hall–Kier alpha value is -2.51. The molecule has 0 aliphatic carbocycles. The SMILES string of the molecule is COCCNc1nc2sc(C)c(C)c2c2nc(Cc3ccccc3)nn12. The van der Waals surface area contributed by atoms with Crippen LogP contribution in [0.1, 0.15) is 21.8 Å². The Morgan fingerprint density at radius 2 is 1.96 bits per heavy atom. The Labute approximate surface area is 155 Å². The number of thiophene rings is 1. The van der Waals surface area contributed by atoms with Gasteiger partial charge in [-0.1, -0.05) is 30.3 Å². The summed E-state index contributed by atoms with van der Waals surface area (Å²) in [5, 5.41) is 9.14. The molecule has 0 atom stereocenters. The lowest BCUT2D eigenvalue weighted by Gasteiger charge is -2.07. The Balaban J connectivity index is 1.84. The quantitative estimate of drug-likeness (QED) is 0.528. The molecule has 0 aliphatic rings. The third kappa shape index (κ3) is 3.04. The van der Waals surface area contributed by atoms with Crippen LogP contribution in [0.3, 0.4) is 0 Å². The number of aryl methyl sites for hydroxylation is 2. The van der Waals surface area contributed by atoms with Gasteiger partial charge in [0.1, 0.15) is 4.83 Å². The maximum atomic E-state index is 5.14. The van der Waals surface area contributed by atoms with Gasteiger partial charge in [-0.25, -0.2) is 9.97 Å². The number of fused-ring (bicyclic) bond motifs is 3. The zero-order chi connectivity index (χ0) is 18.1. The fraction of sp³-hybridized carbons (Fsp3) is 0.316. The minimum absolute atomic E-state index is 0.606. The summed E-state index contributed by atoms with van der Waals surface area (Å²) in [6.07, 6.45) is 0.698. The van der Waals surface area contributed by atoms with Gasteiger partial charge in [0.2, 0.25) is 5.95 Å². The van der Waals surface area contributed by atoms with E-state index in [-0.39, 0.29) is 0 Å². The number of rotatable bonds is 6. The van der Waals surface area contributed by atoms with Gasteiger partial charge in [0.15, 0.2) is 11.5 Å². The Morgan fingerprint density at radius 3 is 2.73 bits per heavy atom. The van der Waals surface area contributed by atoms with Crippen LogP contribution in [0.2, 0.25) is 0 Å². The molecule has 7 heteroatoms. The Morgan fingerprint density at radius 1 is 1.15 bits per heavy atom. The number of ether oxygens (including phenoxy) is 1. The minimum Gasteiger partial charge on any atom is -0.383 e. The van der Waals surface area contributed by atoms with E-state index in [0.717, 1.165) is 21.7 Å². The number of nitrogens with one attached hydrogen (secondary N) is 1. The number of aromatic nitrogens is 4. The van der Waals surface area contributed by atoms with Gasteiger partial charge in [0.25, 0.3) is 0 Å². The van der Waals surface area contributed by atoms with Crippen molar-refractivity contribution in [2.24, 2.45) is 0 Å². The minimum atomic E-state index is 0.606. The van der Waals surface area contributed by atoms with Gasteiger partial charge in [-0.3, -0.25) is 0 Å². The molecule has 26 heavy (non-hydrogen) atoms. The van der Waals surface area contributed by atoms with Crippen LogP contribution in [0.4, 0.5) is 5.95 Å². The molecule has 0 radical (unpaired) electrons. The van der Waals surface area contributed by atoms with E-state index in [1.807, 2.05) is 22.7 Å². The first-order chi connectivity index (χ1) is 12.7. The fourth-order valence-corrected chi connectivity index (χ4v) is 4.02. The van der Waals surface area contributed by atoms with E-state index in [9.17, 15) is 0 Å². The molecule has 0 unspecified atom stereocenters. The number of benzene rings is 1. The number of methoxy groups -OCH3 is 1. The molecule has 0 fully saturated rings. The monoisotopic (exact) mass is 367 g/mol. The van der Waals surface area contributed by atoms with Crippen molar-refractivity contribution in [1.29, 1.82) is 0 Å². The maximum Gasteiger partial charge on any atom is 0.227 e. The molecule has 0 spiro atoms. The van der Waals surface area contributed by atoms with Crippen molar-refractivity contribution in [2.45, 2.75) is 20.3 Å². The molecule has 3 aromatic heterocycles. The first-order valence-electron chi connectivity index (χ1n) is 8.59. The second-order valence-corrected chi connectivity index (χ2v) is 7.45. The second kappa shape index (κ2) is 7.01. The van der Waals surface area contributed by atoms with E-state index in [4.69, 9.17) is 19.8 Å². The molecular formula is C19H21N5OS. The molecule has 0 saturated carbocycles. The van der Waals surface area contributed by atoms with Gasteiger partial charge in [0, 0.05) is 25.0 Å². The van der Waals surface area contributed by atoms with Crippen LogP contribution < -0.4 is 5.32 Å². The lowest BCUT2D eigenvalue weighted by atomic mass is 10.1. The average Bonchev–Trinajstić information content (AvgIpc) is 3.17. The average molecular weight is 367 g/mol. The lowest BCUT2D eigenvalue weighted by Crippen LogP contribution is -2.12. The van der Waals surface area contributed by atoms with E-state index in [0.29, 0.717) is 25.5 Å². The molecule has 134 valence electrons. The molecule has 4 aromatic rings. The molecular weight excluding hydrogens is 346 g/mol. The van der Waals surface area contributed by atoms with Crippen LogP contribution in [-0.2, 0) is 11.2 Å². The summed E-state index contributed by atoms with van der Waals surface area (Å²) in [5.74, 6) is 1.50. The highest BCUT2D eigenvalue weighted by Crippen LogP contribution is 2.32. The third-order valence-electron chi connectivity index (χ3n) is 4.44. The lowest BCUT2D eigenvalue weighted by molar-refractivity contribution is 0.210. The first-order valence-corrected chi connectivity index (χ1v) is 9.41. The molecule has 0 amide bonds. The van der Waals surface area contributed by atoms with Crippen molar-refractivity contribution in [3.8, 4) is 0 Å². The van der Waals surface area contributed by atoms with E-state index in [1.54, 1.807) is 18.4 Å². The van der Waals surface area contributed by atoms with Crippen molar-refractivity contribution in [3.05, 3.63) is 52.2 Å². The van der Waals surface area contributed by atoms with Crippen LogP contribution in [0.25, 0.3) is 15.9 Å². The van der Waals surface area contributed by atoms with Crippen molar-refractivity contribution in [2.75, 3.05) is 25.6 Å². The van der Waals surface area contributed by atoms with E-state index < -0.39 is 0 Å². The standard InChI is InChI=1S/C19H21N5OS/c1-12-13(2)26-18-16(12)17-21-15(11-14-7-5-4-6-8-14)23-24(17)19(22-18)20-9-10-25-3/h4-8H,9-11H2,1-3H3,(H,20,22). The Kier molecular flexibility index (Phi) is 4.57.